The Morgan fingerprint density at radius 1 is 1.31 bits per heavy atom. The van der Waals surface area contributed by atoms with Crippen LogP contribution in [-0.4, -0.2) is 61.9 Å². The van der Waals surface area contributed by atoms with E-state index in [-0.39, 0.29) is 28.3 Å². The molecule has 1 heterocycles. The molecule has 1 fully saturated rings. The number of morpholine rings is 1. The minimum Gasteiger partial charge on any atom is -0.378 e. The molecule has 0 radical (unpaired) electrons. The van der Waals surface area contributed by atoms with Crippen LogP contribution in [0.1, 0.15) is 27.7 Å². The van der Waals surface area contributed by atoms with Crippen molar-refractivity contribution in [2.45, 2.75) is 50.3 Å². The van der Waals surface area contributed by atoms with Gasteiger partial charge in [-0.2, -0.15) is 0 Å². The monoisotopic (exact) mass is 385 g/mol. The van der Waals surface area contributed by atoms with Gasteiger partial charge in [-0.05, 0) is 39.8 Å². The Labute approximate surface area is 154 Å². The average molecular weight is 385 g/mol. The molecular weight excluding hydrogens is 358 g/mol. The Balaban J connectivity index is 2.19. The second kappa shape index (κ2) is 7.50. The van der Waals surface area contributed by atoms with E-state index in [2.05, 4.69) is 24.1 Å². The molecule has 26 heavy (non-hydrogen) atoms. The zero-order valence-corrected chi connectivity index (χ0v) is 16.7. The van der Waals surface area contributed by atoms with E-state index in [1.807, 2.05) is 13.8 Å². The largest absolute Gasteiger partial charge is 0.378 e. The molecule has 9 heteroatoms. The smallest absolute Gasteiger partial charge is 0.293 e. The van der Waals surface area contributed by atoms with Crippen molar-refractivity contribution in [3.05, 3.63) is 28.3 Å². The highest BCUT2D eigenvalue weighted by atomic mass is 32.2. The maximum atomic E-state index is 11.6. The number of anilines is 1. The molecule has 1 aromatic carbocycles. The Morgan fingerprint density at radius 3 is 2.38 bits per heavy atom. The fraction of sp³-hybridized carbons (Fsp3) is 0.647. The van der Waals surface area contributed by atoms with Crippen LogP contribution in [0.2, 0.25) is 0 Å². The number of nitro benzene ring substituents is 1. The summed E-state index contributed by atoms with van der Waals surface area (Å²) in [5.74, 6) is 0. The summed E-state index contributed by atoms with van der Waals surface area (Å²) < 4.78 is 29.0. The quantitative estimate of drug-likeness (QED) is 0.592. The number of nitrogens with zero attached hydrogens (tertiary/aromatic N) is 2. The van der Waals surface area contributed by atoms with Crippen molar-refractivity contribution >= 4 is 21.2 Å². The Hall–Kier alpha value is -1.71. The molecule has 0 unspecified atom stereocenters. The van der Waals surface area contributed by atoms with Gasteiger partial charge < -0.3 is 10.1 Å². The van der Waals surface area contributed by atoms with Crippen molar-refractivity contribution in [1.82, 2.24) is 4.90 Å². The third-order valence-electron chi connectivity index (χ3n) is 4.58. The molecule has 1 aliphatic rings. The number of hydrogen-bond acceptors (Lipinski definition) is 7. The SMILES string of the molecule is C[C@H]1CN(C(C)(C)CNc2ccc(S(C)(=O)=O)cc2[N+](=O)[O-])C[C@H](C)O1. The highest BCUT2D eigenvalue weighted by Gasteiger charge is 2.33. The van der Waals surface area contributed by atoms with Crippen molar-refractivity contribution < 1.29 is 18.1 Å². The van der Waals surface area contributed by atoms with Gasteiger partial charge in [-0.3, -0.25) is 15.0 Å². The summed E-state index contributed by atoms with van der Waals surface area (Å²) in [5, 5.41) is 14.5. The molecule has 0 aliphatic carbocycles. The lowest BCUT2D eigenvalue weighted by Crippen LogP contribution is -2.57. The minimum absolute atomic E-state index is 0.0650. The second-order valence-corrected chi connectivity index (χ2v) is 9.55. The molecule has 1 aliphatic heterocycles. The van der Waals surface area contributed by atoms with Gasteiger partial charge in [0.05, 0.1) is 22.0 Å². The first-order valence-corrected chi connectivity index (χ1v) is 10.4. The molecule has 0 amide bonds. The van der Waals surface area contributed by atoms with E-state index in [9.17, 15) is 18.5 Å². The van der Waals surface area contributed by atoms with Crippen LogP contribution in [0, 0.1) is 10.1 Å². The number of nitro groups is 1. The topological polar surface area (TPSA) is 102 Å². The van der Waals surface area contributed by atoms with Gasteiger partial charge in [-0.25, -0.2) is 8.42 Å². The molecule has 1 N–H and O–H groups in total. The lowest BCUT2D eigenvalue weighted by atomic mass is 10.00. The zero-order chi connectivity index (χ0) is 19.7. The van der Waals surface area contributed by atoms with E-state index >= 15 is 0 Å². The summed E-state index contributed by atoms with van der Waals surface area (Å²) in [4.78, 5) is 13.0. The molecule has 0 aromatic heterocycles. The standard InChI is InChI=1S/C17H27N3O5S/c1-12-9-19(10-13(2)25-12)17(3,4)11-18-15-7-6-14(26(5,23)24)8-16(15)20(21)22/h6-8,12-13,18H,9-11H2,1-5H3/t12-,13-/m0/s1. The fourth-order valence-electron chi connectivity index (χ4n) is 3.14. The number of benzene rings is 1. The van der Waals surface area contributed by atoms with Gasteiger partial charge in [0.2, 0.25) is 0 Å². The predicted octanol–water partition coefficient (Wildman–Crippen LogP) is 2.30. The van der Waals surface area contributed by atoms with E-state index in [0.29, 0.717) is 12.2 Å². The summed E-state index contributed by atoms with van der Waals surface area (Å²) in [6, 6.07) is 3.94. The normalized spacial score (nSPS) is 22.2. The summed E-state index contributed by atoms with van der Waals surface area (Å²) >= 11 is 0. The van der Waals surface area contributed by atoms with Gasteiger partial charge in [0.1, 0.15) is 5.69 Å². The first-order chi connectivity index (χ1) is 11.9. The lowest BCUT2D eigenvalue weighted by molar-refractivity contribution is -0.384. The molecule has 1 saturated heterocycles. The molecule has 1 aromatic rings. The van der Waals surface area contributed by atoms with Crippen LogP contribution in [0.5, 0.6) is 0 Å². The van der Waals surface area contributed by atoms with Crippen molar-refractivity contribution in [2.75, 3.05) is 31.2 Å². The third kappa shape index (κ3) is 4.93. The molecule has 8 nitrogen and oxygen atoms in total. The number of nitrogens with one attached hydrogen (secondary N) is 1. The van der Waals surface area contributed by atoms with Gasteiger partial charge in [-0.1, -0.05) is 0 Å². The van der Waals surface area contributed by atoms with Gasteiger partial charge in [0.25, 0.3) is 5.69 Å². The first-order valence-electron chi connectivity index (χ1n) is 8.53. The van der Waals surface area contributed by atoms with E-state index < -0.39 is 14.8 Å². The first kappa shape index (κ1) is 20.6. The van der Waals surface area contributed by atoms with Crippen LogP contribution < -0.4 is 5.32 Å². The van der Waals surface area contributed by atoms with Gasteiger partial charge in [-0.15, -0.1) is 0 Å². The number of rotatable bonds is 6. The van der Waals surface area contributed by atoms with Crippen molar-refractivity contribution in [3.63, 3.8) is 0 Å². The van der Waals surface area contributed by atoms with Crippen molar-refractivity contribution in [2.24, 2.45) is 0 Å². The fourth-order valence-corrected chi connectivity index (χ4v) is 3.78. The number of hydrogen-bond donors (Lipinski definition) is 1. The van der Waals surface area contributed by atoms with Crippen LogP contribution in [-0.2, 0) is 14.6 Å². The maximum Gasteiger partial charge on any atom is 0.293 e. The number of ether oxygens (including phenoxy) is 1. The predicted molar refractivity (Wildman–Crippen MR) is 100 cm³/mol. The summed E-state index contributed by atoms with van der Waals surface area (Å²) in [6.45, 7) is 10.2. The van der Waals surface area contributed by atoms with E-state index in [1.54, 1.807) is 0 Å². The Kier molecular flexibility index (Phi) is 5.94. The van der Waals surface area contributed by atoms with Gasteiger partial charge in [0, 0.05) is 37.5 Å². The molecule has 2 atom stereocenters. The van der Waals surface area contributed by atoms with E-state index in [4.69, 9.17) is 4.74 Å². The molecule has 2 rings (SSSR count). The van der Waals surface area contributed by atoms with Crippen molar-refractivity contribution in [1.29, 1.82) is 0 Å². The van der Waals surface area contributed by atoms with Crippen LogP contribution in [0.25, 0.3) is 0 Å². The maximum absolute atomic E-state index is 11.6. The molecule has 0 bridgehead atoms. The van der Waals surface area contributed by atoms with Crippen LogP contribution in [0.4, 0.5) is 11.4 Å². The Bertz CT molecular complexity index is 769. The average Bonchev–Trinajstić information content (AvgIpc) is 2.51. The highest BCUT2D eigenvalue weighted by molar-refractivity contribution is 7.90. The summed E-state index contributed by atoms with van der Waals surface area (Å²) in [7, 11) is -3.50. The van der Waals surface area contributed by atoms with Gasteiger partial charge in [0.15, 0.2) is 9.84 Å². The summed E-state index contributed by atoms with van der Waals surface area (Å²) in [6.07, 6.45) is 1.28. The second-order valence-electron chi connectivity index (χ2n) is 7.54. The van der Waals surface area contributed by atoms with E-state index in [1.165, 1.54) is 12.1 Å². The van der Waals surface area contributed by atoms with Crippen molar-refractivity contribution in [3.8, 4) is 0 Å². The Morgan fingerprint density at radius 2 is 1.88 bits per heavy atom. The molecule has 146 valence electrons. The number of sulfone groups is 1. The van der Waals surface area contributed by atoms with Crippen LogP contribution in [0.15, 0.2) is 23.1 Å². The molecular formula is C17H27N3O5S. The molecule has 0 spiro atoms. The zero-order valence-electron chi connectivity index (χ0n) is 15.9. The summed E-state index contributed by atoms with van der Waals surface area (Å²) in [5.41, 5.74) is -0.187. The minimum atomic E-state index is -3.50. The van der Waals surface area contributed by atoms with Crippen LogP contribution in [0.3, 0.4) is 0 Å². The molecule has 0 saturated carbocycles. The van der Waals surface area contributed by atoms with Crippen LogP contribution >= 0.6 is 0 Å². The lowest BCUT2D eigenvalue weighted by Gasteiger charge is -2.45. The van der Waals surface area contributed by atoms with Gasteiger partial charge >= 0.3 is 0 Å². The third-order valence-corrected chi connectivity index (χ3v) is 5.69. The highest BCUT2D eigenvalue weighted by Crippen LogP contribution is 2.29. The van der Waals surface area contributed by atoms with E-state index in [0.717, 1.165) is 25.4 Å².